The van der Waals surface area contributed by atoms with E-state index < -0.39 is 11.9 Å². The molecule has 0 aromatic rings. The summed E-state index contributed by atoms with van der Waals surface area (Å²) in [5.74, 6) is -1.30. The Morgan fingerprint density at radius 2 is 1.94 bits per heavy atom. The Bertz CT molecular complexity index is 291. The molecule has 0 aromatic carbocycles. The van der Waals surface area contributed by atoms with E-state index in [1.807, 2.05) is 0 Å². The molecule has 1 rings (SSSR count). The van der Waals surface area contributed by atoms with Gasteiger partial charge in [-0.2, -0.15) is 0 Å². The van der Waals surface area contributed by atoms with Gasteiger partial charge in [-0.15, -0.1) is 0 Å². The summed E-state index contributed by atoms with van der Waals surface area (Å²) in [4.78, 5) is 34.3. The zero-order chi connectivity index (χ0) is 12.1. The summed E-state index contributed by atoms with van der Waals surface area (Å²) in [6.45, 7) is 3.31. The molecular weight excluding hydrogens is 208 g/mol. The van der Waals surface area contributed by atoms with Crippen LogP contribution in [0.25, 0.3) is 0 Å². The average Bonchev–Trinajstić information content (AvgIpc) is 2.97. The number of ketones is 2. The fourth-order valence-corrected chi connectivity index (χ4v) is 1.61. The molecule has 16 heavy (non-hydrogen) atoms. The monoisotopic (exact) mass is 226 g/mol. The highest BCUT2D eigenvalue weighted by Gasteiger charge is 2.33. The largest absolute Gasteiger partial charge is 0.465 e. The Balaban J connectivity index is 2.56. The SMILES string of the molecule is CCOC(=O)C(CC(C)=O)C(=O)CC1CC1. The molecule has 0 amide bonds. The molecule has 0 saturated heterocycles. The lowest BCUT2D eigenvalue weighted by atomic mass is 9.94. The summed E-state index contributed by atoms with van der Waals surface area (Å²) in [5.41, 5.74) is 0. The molecule has 4 nitrogen and oxygen atoms in total. The molecular formula is C12H18O4. The number of Topliss-reactive ketones (excluding diaryl/α,β-unsaturated/α-hetero) is 2. The standard InChI is InChI=1S/C12H18O4/c1-3-16-12(15)10(6-8(2)13)11(14)7-9-4-5-9/h9-10H,3-7H2,1-2H3. The van der Waals surface area contributed by atoms with Crippen molar-refractivity contribution in [2.45, 2.75) is 39.5 Å². The quantitative estimate of drug-likeness (QED) is 0.487. The van der Waals surface area contributed by atoms with Gasteiger partial charge in [-0.05, 0) is 32.6 Å². The highest BCUT2D eigenvalue weighted by Crippen LogP contribution is 2.33. The average molecular weight is 226 g/mol. The molecule has 1 atom stereocenters. The molecule has 1 fully saturated rings. The molecule has 0 spiro atoms. The van der Waals surface area contributed by atoms with Gasteiger partial charge in [0.1, 0.15) is 17.5 Å². The van der Waals surface area contributed by atoms with Crippen molar-refractivity contribution < 1.29 is 19.1 Å². The van der Waals surface area contributed by atoms with Crippen LogP contribution in [0, 0.1) is 11.8 Å². The van der Waals surface area contributed by atoms with Crippen molar-refractivity contribution in [3.8, 4) is 0 Å². The number of hydrogen-bond acceptors (Lipinski definition) is 4. The van der Waals surface area contributed by atoms with Crippen molar-refractivity contribution in [2.24, 2.45) is 11.8 Å². The van der Waals surface area contributed by atoms with Crippen LogP contribution >= 0.6 is 0 Å². The summed E-state index contributed by atoms with van der Waals surface area (Å²) >= 11 is 0. The van der Waals surface area contributed by atoms with Crippen LogP contribution < -0.4 is 0 Å². The van der Waals surface area contributed by atoms with Crippen molar-refractivity contribution in [3.63, 3.8) is 0 Å². The molecule has 0 bridgehead atoms. The topological polar surface area (TPSA) is 60.4 Å². The Hall–Kier alpha value is -1.19. The highest BCUT2D eigenvalue weighted by atomic mass is 16.5. The maximum atomic E-state index is 11.8. The number of ether oxygens (including phenoxy) is 1. The van der Waals surface area contributed by atoms with E-state index in [1.54, 1.807) is 6.92 Å². The van der Waals surface area contributed by atoms with E-state index in [1.165, 1.54) is 6.92 Å². The van der Waals surface area contributed by atoms with Crippen LogP contribution in [0.5, 0.6) is 0 Å². The second-order valence-electron chi connectivity index (χ2n) is 4.32. The van der Waals surface area contributed by atoms with Gasteiger partial charge in [-0.3, -0.25) is 14.4 Å². The number of hydrogen-bond donors (Lipinski definition) is 0. The van der Waals surface area contributed by atoms with E-state index in [4.69, 9.17) is 4.74 Å². The van der Waals surface area contributed by atoms with Crippen molar-refractivity contribution in [3.05, 3.63) is 0 Å². The number of carbonyl (C=O) groups excluding carboxylic acids is 3. The number of rotatable bonds is 7. The fourth-order valence-electron chi connectivity index (χ4n) is 1.61. The van der Waals surface area contributed by atoms with Crippen LogP contribution in [0.1, 0.15) is 39.5 Å². The summed E-state index contributed by atoms with van der Waals surface area (Å²) in [6.07, 6.45) is 2.50. The first-order valence-electron chi connectivity index (χ1n) is 5.73. The Kier molecular flexibility index (Phi) is 4.65. The van der Waals surface area contributed by atoms with Gasteiger partial charge >= 0.3 is 5.97 Å². The molecule has 0 aliphatic heterocycles. The Labute approximate surface area is 95.3 Å². The van der Waals surface area contributed by atoms with Crippen LogP contribution in [-0.2, 0) is 19.1 Å². The second kappa shape index (κ2) is 5.77. The third-order valence-corrected chi connectivity index (χ3v) is 2.64. The normalized spacial score (nSPS) is 16.6. The first kappa shape index (κ1) is 12.9. The van der Waals surface area contributed by atoms with Crippen molar-refractivity contribution in [1.82, 2.24) is 0 Å². The molecule has 0 N–H and O–H groups in total. The van der Waals surface area contributed by atoms with Crippen LogP contribution in [0.2, 0.25) is 0 Å². The first-order valence-corrected chi connectivity index (χ1v) is 5.73. The Morgan fingerprint density at radius 1 is 1.31 bits per heavy atom. The van der Waals surface area contributed by atoms with E-state index >= 15 is 0 Å². The molecule has 90 valence electrons. The van der Waals surface area contributed by atoms with Gasteiger partial charge in [0.25, 0.3) is 0 Å². The van der Waals surface area contributed by atoms with E-state index in [2.05, 4.69) is 0 Å². The smallest absolute Gasteiger partial charge is 0.316 e. The lowest BCUT2D eigenvalue weighted by Gasteiger charge is -2.12. The fraction of sp³-hybridized carbons (Fsp3) is 0.750. The first-order chi connectivity index (χ1) is 7.54. The molecule has 1 aliphatic rings. The minimum Gasteiger partial charge on any atom is -0.465 e. The van der Waals surface area contributed by atoms with Crippen LogP contribution in [0.4, 0.5) is 0 Å². The third-order valence-electron chi connectivity index (χ3n) is 2.64. The predicted octanol–water partition coefficient (Wildman–Crippen LogP) is 1.51. The van der Waals surface area contributed by atoms with Crippen molar-refractivity contribution >= 4 is 17.5 Å². The summed E-state index contributed by atoms with van der Waals surface area (Å²) < 4.78 is 4.82. The maximum absolute atomic E-state index is 11.8. The van der Waals surface area contributed by atoms with E-state index in [9.17, 15) is 14.4 Å². The molecule has 0 radical (unpaired) electrons. The van der Waals surface area contributed by atoms with Gasteiger partial charge in [0.05, 0.1) is 6.61 Å². The van der Waals surface area contributed by atoms with Crippen LogP contribution in [-0.4, -0.2) is 24.1 Å². The predicted molar refractivity (Wildman–Crippen MR) is 57.8 cm³/mol. The van der Waals surface area contributed by atoms with E-state index in [0.717, 1.165) is 12.8 Å². The van der Waals surface area contributed by atoms with Gasteiger partial charge < -0.3 is 4.74 Å². The van der Waals surface area contributed by atoms with Gasteiger partial charge in [0.15, 0.2) is 0 Å². The second-order valence-corrected chi connectivity index (χ2v) is 4.32. The van der Waals surface area contributed by atoms with Gasteiger partial charge in [0.2, 0.25) is 0 Å². The summed E-state index contributed by atoms with van der Waals surface area (Å²) in [7, 11) is 0. The molecule has 1 aliphatic carbocycles. The lowest BCUT2D eigenvalue weighted by molar-refractivity contribution is -0.153. The zero-order valence-electron chi connectivity index (χ0n) is 9.82. The molecule has 0 aromatic heterocycles. The summed E-state index contributed by atoms with van der Waals surface area (Å²) in [6, 6.07) is 0. The maximum Gasteiger partial charge on any atom is 0.316 e. The van der Waals surface area contributed by atoms with Crippen LogP contribution in [0.3, 0.4) is 0 Å². The minimum absolute atomic E-state index is 0.0234. The molecule has 1 saturated carbocycles. The summed E-state index contributed by atoms with van der Waals surface area (Å²) in [5, 5.41) is 0. The van der Waals surface area contributed by atoms with Gasteiger partial charge in [-0.25, -0.2) is 0 Å². The van der Waals surface area contributed by atoms with Crippen molar-refractivity contribution in [2.75, 3.05) is 6.61 Å². The highest BCUT2D eigenvalue weighted by molar-refractivity contribution is 6.02. The minimum atomic E-state index is -0.877. The number of esters is 1. The number of carbonyl (C=O) groups is 3. The van der Waals surface area contributed by atoms with Gasteiger partial charge in [0, 0.05) is 12.8 Å². The van der Waals surface area contributed by atoms with Crippen molar-refractivity contribution in [1.29, 1.82) is 0 Å². The molecule has 4 heteroatoms. The molecule has 1 unspecified atom stereocenters. The van der Waals surface area contributed by atoms with Gasteiger partial charge in [-0.1, -0.05) is 0 Å². The molecule has 0 heterocycles. The van der Waals surface area contributed by atoms with E-state index in [0.29, 0.717) is 12.3 Å². The zero-order valence-corrected chi connectivity index (χ0v) is 9.82. The van der Waals surface area contributed by atoms with E-state index in [-0.39, 0.29) is 24.6 Å². The third kappa shape index (κ3) is 4.13. The van der Waals surface area contributed by atoms with Crippen LogP contribution in [0.15, 0.2) is 0 Å². The Morgan fingerprint density at radius 3 is 2.38 bits per heavy atom. The lowest BCUT2D eigenvalue weighted by Crippen LogP contribution is -2.28.